The molecule has 0 bridgehead atoms. The molecule has 108 valence electrons. The van der Waals surface area contributed by atoms with Gasteiger partial charge in [0, 0.05) is 16.7 Å². The van der Waals surface area contributed by atoms with Gasteiger partial charge in [-0.1, -0.05) is 54.1 Å². The molecule has 0 saturated carbocycles. The van der Waals surface area contributed by atoms with Crippen molar-refractivity contribution < 1.29 is 14.4 Å². The number of hydrogen-bond acceptors (Lipinski definition) is 3. The molecule has 0 amide bonds. The standard InChI is InChI=1S/C19H14O3/c1-11-7-9-13(10-8-11)17-16(12(2)20)18(21)14-5-3-4-6-15(14)19(17)22/h3-10H,1-2H3. The van der Waals surface area contributed by atoms with Gasteiger partial charge in [0.05, 0.1) is 5.57 Å². The predicted molar refractivity (Wildman–Crippen MR) is 83.9 cm³/mol. The summed E-state index contributed by atoms with van der Waals surface area (Å²) >= 11 is 0. The lowest BCUT2D eigenvalue weighted by molar-refractivity contribution is -0.113. The summed E-state index contributed by atoms with van der Waals surface area (Å²) in [5, 5.41) is 0. The van der Waals surface area contributed by atoms with E-state index < -0.39 is 0 Å². The van der Waals surface area contributed by atoms with Crippen LogP contribution in [0, 0.1) is 6.92 Å². The zero-order valence-electron chi connectivity index (χ0n) is 12.3. The van der Waals surface area contributed by atoms with E-state index in [4.69, 9.17) is 0 Å². The third-order valence-electron chi connectivity index (χ3n) is 3.81. The Morgan fingerprint density at radius 3 is 1.91 bits per heavy atom. The van der Waals surface area contributed by atoms with Crippen molar-refractivity contribution in [2.24, 2.45) is 0 Å². The summed E-state index contributed by atoms with van der Waals surface area (Å²) in [7, 11) is 0. The van der Waals surface area contributed by atoms with Crippen LogP contribution in [0.25, 0.3) is 5.57 Å². The van der Waals surface area contributed by atoms with Crippen LogP contribution in [0.15, 0.2) is 54.1 Å². The Hall–Kier alpha value is -2.81. The molecule has 3 heteroatoms. The second-order valence-electron chi connectivity index (χ2n) is 5.38. The third kappa shape index (κ3) is 2.11. The summed E-state index contributed by atoms with van der Waals surface area (Å²) in [6, 6.07) is 13.9. The Kier molecular flexibility index (Phi) is 3.33. The van der Waals surface area contributed by atoms with Crippen molar-refractivity contribution in [2.45, 2.75) is 13.8 Å². The van der Waals surface area contributed by atoms with E-state index in [-0.39, 0.29) is 28.5 Å². The van der Waals surface area contributed by atoms with Gasteiger partial charge < -0.3 is 0 Å². The molecule has 1 aliphatic rings. The Bertz CT molecular complexity index is 839. The average Bonchev–Trinajstić information content (AvgIpc) is 2.51. The number of rotatable bonds is 2. The Balaban J connectivity index is 2.30. The number of fused-ring (bicyclic) bond motifs is 1. The molecule has 0 aliphatic heterocycles. The van der Waals surface area contributed by atoms with Crippen LogP contribution in [0.2, 0.25) is 0 Å². The monoisotopic (exact) mass is 290 g/mol. The lowest BCUT2D eigenvalue weighted by Gasteiger charge is -2.20. The number of hydrogen-bond donors (Lipinski definition) is 0. The number of ketones is 3. The van der Waals surface area contributed by atoms with Crippen LogP contribution in [-0.4, -0.2) is 17.3 Å². The molecule has 22 heavy (non-hydrogen) atoms. The molecule has 0 aromatic heterocycles. The molecule has 0 N–H and O–H groups in total. The van der Waals surface area contributed by atoms with E-state index in [1.807, 2.05) is 19.1 Å². The maximum Gasteiger partial charge on any atom is 0.198 e. The quantitative estimate of drug-likeness (QED) is 0.796. The molecule has 0 saturated heterocycles. The van der Waals surface area contributed by atoms with E-state index in [0.717, 1.165) is 5.56 Å². The fraction of sp³-hybridized carbons (Fsp3) is 0.105. The lowest BCUT2D eigenvalue weighted by Crippen LogP contribution is -2.24. The Morgan fingerprint density at radius 2 is 1.36 bits per heavy atom. The van der Waals surface area contributed by atoms with Crippen molar-refractivity contribution in [2.75, 3.05) is 0 Å². The van der Waals surface area contributed by atoms with E-state index >= 15 is 0 Å². The number of Topliss-reactive ketones (excluding diaryl/α,β-unsaturated/α-hetero) is 3. The molecular weight excluding hydrogens is 276 g/mol. The second-order valence-corrected chi connectivity index (χ2v) is 5.38. The molecule has 0 atom stereocenters. The van der Waals surface area contributed by atoms with Crippen LogP contribution >= 0.6 is 0 Å². The normalized spacial score (nSPS) is 14.1. The highest BCUT2D eigenvalue weighted by Gasteiger charge is 2.34. The zero-order valence-corrected chi connectivity index (χ0v) is 12.3. The summed E-state index contributed by atoms with van der Waals surface area (Å²) in [6.45, 7) is 3.26. The first kappa shape index (κ1) is 14.1. The van der Waals surface area contributed by atoms with E-state index in [1.54, 1.807) is 36.4 Å². The summed E-state index contributed by atoms with van der Waals surface area (Å²) in [6.07, 6.45) is 0. The largest absolute Gasteiger partial charge is 0.294 e. The minimum absolute atomic E-state index is 0.0208. The molecular formula is C19H14O3. The number of carbonyl (C=O) groups is 3. The maximum atomic E-state index is 12.8. The minimum Gasteiger partial charge on any atom is -0.294 e. The number of allylic oxidation sites excluding steroid dienone is 2. The third-order valence-corrected chi connectivity index (χ3v) is 3.81. The topological polar surface area (TPSA) is 51.2 Å². The first-order chi connectivity index (χ1) is 10.5. The fourth-order valence-electron chi connectivity index (χ4n) is 2.71. The number of benzene rings is 2. The molecule has 2 aromatic rings. The van der Waals surface area contributed by atoms with Gasteiger partial charge in [0.1, 0.15) is 0 Å². The van der Waals surface area contributed by atoms with E-state index in [1.165, 1.54) is 6.92 Å². The molecule has 0 fully saturated rings. The highest BCUT2D eigenvalue weighted by molar-refractivity contribution is 6.47. The summed E-state index contributed by atoms with van der Waals surface area (Å²) in [5.74, 6) is -1.04. The first-order valence-corrected chi connectivity index (χ1v) is 7.01. The predicted octanol–water partition coefficient (Wildman–Crippen LogP) is 3.42. The van der Waals surface area contributed by atoms with Gasteiger partial charge in [0.25, 0.3) is 0 Å². The Labute approximate surface area is 128 Å². The highest BCUT2D eigenvalue weighted by Crippen LogP contribution is 2.32. The first-order valence-electron chi connectivity index (χ1n) is 7.01. The van der Waals surface area contributed by atoms with Crippen LogP contribution < -0.4 is 0 Å². The van der Waals surface area contributed by atoms with Gasteiger partial charge in [-0.05, 0) is 19.4 Å². The maximum absolute atomic E-state index is 12.8. The summed E-state index contributed by atoms with van der Waals surface area (Å²) in [4.78, 5) is 37.4. The molecule has 2 aromatic carbocycles. The van der Waals surface area contributed by atoms with Crippen LogP contribution in [0.4, 0.5) is 0 Å². The molecule has 3 rings (SSSR count). The highest BCUT2D eigenvalue weighted by atomic mass is 16.2. The van der Waals surface area contributed by atoms with Gasteiger partial charge in [0.15, 0.2) is 17.3 Å². The SMILES string of the molecule is CC(=O)C1=C(c2ccc(C)cc2)C(=O)c2ccccc2C1=O. The van der Waals surface area contributed by atoms with E-state index in [9.17, 15) is 14.4 Å². The molecule has 0 spiro atoms. The molecule has 0 unspecified atom stereocenters. The smallest absolute Gasteiger partial charge is 0.198 e. The van der Waals surface area contributed by atoms with Crippen LogP contribution in [-0.2, 0) is 4.79 Å². The van der Waals surface area contributed by atoms with Crippen molar-refractivity contribution >= 4 is 22.9 Å². The average molecular weight is 290 g/mol. The van der Waals surface area contributed by atoms with Crippen molar-refractivity contribution in [3.63, 3.8) is 0 Å². The molecule has 3 nitrogen and oxygen atoms in total. The van der Waals surface area contributed by atoms with Crippen molar-refractivity contribution in [1.29, 1.82) is 0 Å². The minimum atomic E-state index is -0.386. The van der Waals surface area contributed by atoms with Gasteiger partial charge in [-0.25, -0.2) is 0 Å². The fourth-order valence-corrected chi connectivity index (χ4v) is 2.71. The molecule has 1 aliphatic carbocycles. The van der Waals surface area contributed by atoms with Gasteiger partial charge in [0.2, 0.25) is 0 Å². The lowest BCUT2D eigenvalue weighted by atomic mass is 9.80. The van der Waals surface area contributed by atoms with Crippen LogP contribution in [0.5, 0.6) is 0 Å². The summed E-state index contributed by atoms with van der Waals surface area (Å²) < 4.78 is 0. The number of carbonyl (C=O) groups excluding carboxylic acids is 3. The van der Waals surface area contributed by atoms with E-state index in [0.29, 0.717) is 16.7 Å². The van der Waals surface area contributed by atoms with Gasteiger partial charge in [-0.15, -0.1) is 0 Å². The van der Waals surface area contributed by atoms with Crippen LogP contribution in [0.3, 0.4) is 0 Å². The van der Waals surface area contributed by atoms with Crippen molar-refractivity contribution in [1.82, 2.24) is 0 Å². The van der Waals surface area contributed by atoms with E-state index in [2.05, 4.69) is 0 Å². The van der Waals surface area contributed by atoms with Crippen molar-refractivity contribution in [3.05, 3.63) is 76.4 Å². The zero-order chi connectivity index (χ0) is 15.9. The molecule has 0 heterocycles. The number of aryl methyl sites for hydroxylation is 1. The summed E-state index contributed by atoms with van der Waals surface area (Å²) in [5.41, 5.74) is 2.48. The van der Waals surface area contributed by atoms with Crippen molar-refractivity contribution in [3.8, 4) is 0 Å². The van der Waals surface area contributed by atoms with Gasteiger partial charge in [-0.2, -0.15) is 0 Å². The Morgan fingerprint density at radius 1 is 0.818 bits per heavy atom. The second kappa shape index (κ2) is 5.19. The molecule has 0 radical (unpaired) electrons. The van der Waals surface area contributed by atoms with Gasteiger partial charge >= 0.3 is 0 Å². The van der Waals surface area contributed by atoms with Crippen LogP contribution in [0.1, 0.15) is 38.8 Å². The van der Waals surface area contributed by atoms with Gasteiger partial charge in [-0.3, -0.25) is 14.4 Å².